The van der Waals surface area contributed by atoms with Gasteiger partial charge in [0.1, 0.15) is 5.69 Å². The average molecular weight is 456 g/mol. The monoisotopic (exact) mass is 455 g/mol. The molecule has 1 aliphatic rings. The highest BCUT2D eigenvalue weighted by atomic mass is 16.2. The van der Waals surface area contributed by atoms with Crippen molar-refractivity contribution >= 4 is 16.9 Å². The molecule has 7 heteroatoms. The zero-order valence-electron chi connectivity index (χ0n) is 20.0. The van der Waals surface area contributed by atoms with Gasteiger partial charge in [0.25, 0.3) is 5.56 Å². The Labute approximate surface area is 198 Å². The van der Waals surface area contributed by atoms with Gasteiger partial charge in [0, 0.05) is 32.6 Å². The Hall–Kier alpha value is -3.74. The lowest BCUT2D eigenvalue weighted by molar-refractivity contribution is -0.132. The van der Waals surface area contributed by atoms with E-state index in [4.69, 9.17) is 4.98 Å². The molecule has 1 aliphatic heterocycles. The van der Waals surface area contributed by atoms with Crippen molar-refractivity contribution in [3.8, 4) is 11.5 Å². The fourth-order valence-electron chi connectivity index (χ4n) is 4.91. The topological polar surface area (TPSA) is 73.0 Å². The molecule has 0 saturated carbocycles. The summed E-state index contributed by atoms with van der Waals surface area (Å²) in [4.78, 5) is 31.4. The predicted molar refractivity (Wildman–Crippen MR) is 133 cm³/mol. The quantitative estimate of drug-likeness (QED) is 0.465. The first-order valence-electron chi connectivity index (χ1n) is 11.7. The normalized spacial score (nSPS) is 17.4. The third-order valence-corrected chi connectivity index (χ3v) is 6.99. The van der Waals surface area contributed by atoms with E-state index in [1.807, 2.05) is 42.3 Å². The predicted octanol–water partition coefficient (Wildman–Crippen LogP) is 4.05. The molecule has 1 saturated heterocycles. The zero-order chi connectivity index (χ0) is 24.0. The van der Waals surface area contributed by atoms with E-state index >= 15 is 0 Å². The number of hydrogen-bond donors (Lipinski definition) is 0. The van der Waals surface area contributed by atoms with E-state index in [0.717, 1.165) is 41.0 Å². The van der Waals surface area contributed by atoms with Crippen LogP contribution in [0.2, 0.25) is 0 Å². The van der Waals surface area contributed by atoms with E-state index in [9.17, 15) is 9.59 Å². The number of carbonyl (C=O) groups excluding carboxylic acids is 1. The Morgan fingerprint density at radius 2 is 1.79 bits per heavy atom. The highest BCUT2D eigenvalue weighted by molar-refractivity contribution is 5.82. The van der Waals surface area contributed by atoms with Crippen LogP contribution in [0.1, 0.15) is 48.4 Å². The summed E-state index contributed by atoms with van der Waals surface area (Å²) in [5.41, 5.74) is 5.36. The summed E-state index contributed by atoms with van der Waals surface area (Å²) in [6.07, 6.45) is 1.48. The summed E-state index contributed by atoms with van der Waals surface area (Å²) in [7, 11) is 3.54. The number of imidazole rings is 1. The summed E-state index contributed by atoms with van der Waals surface area (Å²) in [5, 5.41) is 4.54. The molecule has 2 aromatic heterocycles. The molecule has 0 spiro atoms. The van der Waals surface area contributed by atoms with Crippen molar-refractivity contribution in [2.24, 2.45) is 7.05 Å². The molecule has 0 radical (unpaired) electrons. The van der Waals surface area contributed by atoms with Gasteiger partial charge < -0.3 is 9.47 Å². The molecule has 2 aromatic carbocycles. The molecule has 5 rings (SSSR count). The second kappa shape index (κ2) is 8.56. The number of benzene rings is 2. The molecule has 1 unspecified atom stereocenters. The number of hydrogen-bond acceptors (Lipinski definition) is 4. The molecular formula is C27H29N5O2. The molecule has 0 aliphatic carbocycles. The molecule has 0 N–H and O–H groups in total. The molecule has 1 fully saturated rings. The van der Waals surface area contributed by atoms with Gasteiger partial charge in [-0.2, -0.15) is 5.10 Å². The summed E-state index contributed by atoms with van der Waals surface area (Å²) in [6, 6.07) is 18.4. The highest BCUT2D eigenvalue weighted by Crippen LogP contribution is 2.35. The van der Waals surface area contributed by atoms with Crippen LogP contribution in [0, 0.1) is 6.92 Å². The maximum atomic E-state index is 12.4. The third kappa shape index (κ3) is 3.81. The minimum atomic E-state index is -0.114. The van der Waals surface area contributed by atoms with Gasteiger partial charge in [-0.15, -0.1) is 0 Å². The lowest BCUT2D eigenvalue weighted by atomic mass is 9.89. The molecule has 1 amide bonds. The lowest BCUT2D eigenvalue weighted by Gasteiger charge is -2.29. The van der Waals surface area contributed by atoms with Gasteiger partial charge in [-0.25, -0.2) is 9.67 Å². The summed E-state index contributed by atoms with van der Waals surface area (Å²) < 4.78 is 3.58. The number of nitrogens with zero attached hydrogens (tertiary/aromatic N) is 5. The SMILES string of the molecule is Cc1cc(-c2nc3ccc(C4CCN(C)C(=O)C4)cc3n2[C@@H](C)c2ccccc2)nn(C)c1=O. The Kier molecular flexibility index (Phi) is 5.55. The molecule has 4 aromatic rings. The lowest BCUT2D eigenvalue weighted by Crippen LogP contribution is -2.34. The van der Waals surface area contributed by atoms with E-state index in [2.05, 4.69) is 40.9 Å². The van der Waals surface area contributed by atoms with Crippen molar-refractivity contribution in [3.63, 3.8) is 0 Å². The maximum absolute atomic E-state index is 12.4. The molecule has 174 valence electrons. The number of amides is 1. The second-order valence-corrected chi connectivity index (χ2v) is 9.29. The first-order valence-corrected chi connectivity index (χ1v) is 11.7. The first kappa shape index (κ1) is 22.1. The first-order chi connectivity index (χ1) is 16.3. The third-order valence-electron chi connectivity index (χ3n) is 6.99. The molecular weight excluding hydrogens is 426 g/mol. The molecule has 3 heterocycles. The standard InChI is InChI=1S/C27H29N5O2/c1-17-14-23(29-31(4)27(17)34)26-28-22-11-10-20(21-12-13-30(3)25(33)16-21)15-24(22)32(26)18(2)19-8-6-5-7-9-19/h5-11,14-15,18,21H,12-13,16H2,1-4H3/t18-,21?/m0/s1. The van der Waals surface area contributed by atoms with Crippen molar-refractivity contribution in [2.75, 3.05) is 13.6 Å². The average Bonchev–Trinajstić information content (AvgIpc) is 3.22. The van der Waals surface area contributed by atoms with Crippen LogP contribution in [-0.2, 0) is 11.8 Å². The van der Waals surface area contributed by atoms with Crippen molar-refractivity contribution < 1.29 is 4.79 Å². The Morgan fingerprint density at radius 3 is 2.50 bits per heavy atom. The molecule has 7 nitrogen and oxygen atoms in total. The molecule has 2 atom stereocenters. The Morgan fingerprint density at radius 1 is 1.03 bits per heavy atom. The fraction of sp³-hybridized carbons (Fsp3) is 0.333. The minimum Gasteiger partial charge on any atom is -0.346 e. The van der Waals surface area contributed by atoms with Gasteiger partial charge in [-0.1, -0.05) is 36.4 Å². The van der Waals surface area contributed by atoms with Crippen LogP contribution in [-0.4, -0.2) is 43.7 Å². The number of rotatable bonds is 4. The Bertz CT molecular complexity index is 1410. The molecule has 34 heavy (non-hydrogen) atoms. The summed E-state index contributed by atoms with van der Waals surface area (Å²) in [6.45, 7) is 4.73. The van der Waals surface area contributed by atoms with Gasteiger partial charge >= 0.3 is 0 Å². The van der Waals surface area contributed by atoms with Crippen LogP contribution in [0.4, 0.5) is 0 Å². The maximum Gasteiger partial charge on any atom is 0.269 e. The van der Waals surface area contributed by atoms with Gasteiger partial charge in [-0.05, 0) is 55.5 Å². The van der Waals surface area contributed by atoms with Crippen LogP contribution >= 0.6 is 0 Å². The second-order valence-electron chi connectivity index (χ2n) is 9.29. The van der Waals surface area contributed by atoms with Gasteiger partial charge in [0.2, 0.25) is 5.91 Å². The number of piperidine rings is 1. The van der Waals surface area contributed by atoms with E-state index < -0.39 is 0 Å². The smallest absolute Gasteiger partial charge is 0.269 e. The van der Waals surface area contributed by atoms with Crippen molar-refractivity contribution in [2.45, 2.75) is 38.6 Å². The van der Waals surface area contributed by atoms with E-state index in [1.54, 1.807) is 14.0 Å². The van der Waals surface area contributed by atoms with Crippen LogP contribution in [0.3, 0.4) is 0 Å². The highest BCUT2D eigenvalue weighted by Gasteiger charge is 2.26. The largest absolute Gasteiger partial charge is 0.346 e. The van der Waals surface area contributed by atoms with Gasteiger partial charge in [0.15, 0.2) is 5.82 Å². The summed E-state index contributed by atoms with van der Waals surface area (Å²) in [5.74, 6) is 1.11. The van der Waals surface area contributed by atoms with Crippen LogP contribution < -0.4 is 5.56 Å². The van der Waals surface area contributed by atoms with Gasteiger partial charge in [-0.3, -0.25) is 9.59 Å². The number of carbonyl (C=O) groups is 1. The Balaban J connectivity index is 1.70. The number of fused-ring (bicyclic) bond motifs is 1. The van der Waals surface area contributed by atoms with Gasteiger partial charge in [0.05, 0.1) is 17.1 Å². The van der Waals surface area contributed by atoms with Crippen molar-refractivity contribution in [1.82, 2.24) is 24.2 Å². The van der Waals surface area contributed by atoms with Crippen LogP contribution in [0.15, 0.2) is 59.4 Å². The number of aryl methyl sites for hydroxylation is 2. The zero-order valence-corrected chi connectivity index (χ0v) is 20.0. The van der Waals surface area contributed by atoms with E-state index in [-0.39, 0.29) is 23.4 Å². The van der Waals surface area contributed by atoms with E-state index in [0.29, 0.717) is 17.7 Å². The minimum absolute atomic E-state index is 0.00471. The van der Waals surface area contributed by atoms with E-state index in [1.165, 1.54) is 4.68 Å². The molecule has 0 bridgehead atoms. The van der Waals surface area contributed by atoms with Crippen molar-refractivity contribution in [1.29, 1.82) is 0 Å². The van der Waals surface area contributed by atoms with Crippen LogP contribution in [0.25, 0.3) is 22.6 Å². The van der Waals surface area contributed by atoms with Crippen molar-refractivity contribution in [3.05, 3.63) is 81.6 Å². The number of aromatic nitrogens is 4. The summed E-state index contributed by atoms with van der Waals surface area (Å²) >= 11 is 0. The fourth-order valence-corrected chi connectivity index (χ4v) is 4.91. The van der Waals surface area contributed by atoms with Crippen LogP contribution in [0.5, 0.6) is 0 Å². The number of likely N-dealkylation sites (tertiary alicyclic amines) is 1.